The number of ether oxygens (including phenoxy) is 2. The molecule has 22 heavy (non-hydrogen) atoms. The molecule has 0 saturated carbocycles. The zero-order chi connectivity index (χ0) is 15.9. The van der Waals surface area contributed by atoms with Gasteiger partial charge in [-0.25, -0.2) is 0 Å². The lowest BCUT2D eigenvalue weighted by Gasteiger charge is -2.35. The highest BCUT2D eigenvalue weighted by Crippen LogP contribution is 2.18. The molecule has 0 aliphatic carbocycles. The Hall–Kier alpha value is -1.75. The van der Waals surface area contributed by atoms with E-state index in [0.717, 1.165) is 31.7 Å². The number of amides is 1. The molecule has 0 N–H and O–H groups in total. The summed E-state index contributed by atoms with van der Waals surface area (Å²) in [6, 6.07) is 7.68. The molecular weight excluding hydrogens is 280 g/mol. The molecule has 0 spiro atoms. The number of rotatable bonds is 6. The van der Waals surface area contributed by atoms with Crippen LogP contribution in [-0.2, 0) is 4.79 Å². The third-order valence-corrected chi connectivity index (χ3v) is 4.13. The van der Waals surface area contributed by atoms with E-state index in [-0.39, 0.29) is 12.5 Å². The average Bonchev–Trinajstić information content (AvgIpc) is 2.54. The van der Waals surface area contributed by atoms with Crippen LogP contribution in [0.25, 0.3) is 0 Å². The summed E-state index contributed by atoms with van der Waals surface area (Å²) >= 11 is 0. The molecule has 0 unspecified atom stereocenters. The van der Waals surface area contributed by atoms with E-state index >= 15 is 0 Å². The van der Waals surface area contributed by atoms with Gasteiger partial charge in [0.2, 0.25) is 0 Å². The SMILES string of the molecule is CCOc1ccc(OCC(=O)N(C)C2CCN(C)CC2)cc1. The molecule has 1 aromatic rings. The Bertz CT molecular complexity index is 467. The summed E-state index contributed by atoms with van der Waals surface area (Å²) in [6.45, 7) is 4.75. The van der Waals surface area contributed by atoms with E-state index < -0.39 is 0 Å². The minimum absolute atomic E-state index is 0.0310. The second-order valence-electron chi connectivity index (χ2n) is 5.73. The fourth-order valence-corrected chi connectivity index (χ4v) is 2.63. The van der Waals surface area contributed by atoms with Crippen molar-refractivity contribution in [2.45, 2.75) is 25.8 Å². The number of piperidine rings is 1. The highest BCUT2D eigenvalue weighted by molar-refractivity contribution is 5.77. The Balaban J connectivity index is 1.79. The van der Waals surface area contributed by atoms with Crippen LogP contribution in [0.2, 0.25) is 0 Å². The average molecular weight is 306 g/mol. The van der Waals surface area contributed by atoms with Crippen LogP contribution in [0.4, 0.5) is 0 Å². The molecule has 5 nitrogen and oxygen atoms in total. The summed E-state index contributed by atoms with van der Waals surface area (Å²) < 4.78 is 11.0. The van der Waals surface area contributed by atoms with Gasteiger partial charge in [0.25, 0.3) is 5.91 Å². The van der Waals surface area contributed by atoms with Crippen LogP contribution >= 0.6 is 0 Å². The smallest absolute Gasteiger partial charge is 0.260 e. The van der Waals surface area contributed by atoms with Crippen molar-refractivity contribution < 1.29 is 14.3 Å². The van der Waals surface area contributed by atoms with E-state index in [2.05, 4.69) is 11.9 Å². The van der Waals surface area contributed by atoms with Crippen molar-refractivity contribution in [2.24, 2.45) is 0 Å². The van der Waals surface area contributed by atoms with E-state index in [4.69, 9.17) is 9.47 Å². The minimum Gasteiger partial charge on any atom is -0.494 e. The topological polar surface area (TPSA) is 42.0 Å². The maximum Gasteiger partial charge on any atom is 0.260 e. The van der Waals surface area contributed by atoms with E-state index in [0.29, 0.717) is 18.4 Å². The lowest BCUT2D eigenvalue weighted by Crippen LogP contribution is -2.45. The maximum absolute atomic E-state index is 12.2. The van der Waals surface area contributed by atoms with Gasteiger partial charge in [-0.1, -0.05) is 0 Å². The number of likely N-dealkylation sites (N-methyl/N-ethyl adjacent to an activating group) is 1. The van der Waals surface area contributed by atoms with Crippen LogP contribution in [0, 0.1) is 0 Å². The van der Waals surface area contributed by atoms with Gasteiger partial charge < -0.3 is 19.3 Å². The highest BCUT2D eigenvalue weighted by atomic mass is 16.5. The summed E-state index contributed by atoms with van der Waals surface area (Å²) in [5.74, 6) is 1.53. The first-order valence-corrected chi connectivity index (χ1v) is 7.90. The number of carbonyl (C=O) groups is 1. The number of likely N-dealkylation sites (tertiary alicyclic amines) is 1. The minimum atomic E-state index is 0.0310. The van der Waals surface area contributed by atoms with Gasteiger partial charge in [-0.3, -0.25) is 4.79 Å². The van der Waals surface area contributed by atoms with E-state index in [9.17, 15) is 4.79 Å². The van der Waals surface area contributed by atoms with Gasteiger partial charge in [-0.2, -0.15) is 0 Å². The molecule has 1 aliphatic rings. The van der Waals surface area contributed by atoms with Gasteiger partial charge in [0.1, 0.15) is 11.5 Å². The quantitative estimate of drug-likeness (QED) is 0.806. The third-order valence-electron chi connectivity index (χ3n) is 4.13. The third kappa shape index (κ3) is 4.63. The second-order valence-corrected chi connectivity index (χ2v) is 5.73. The predicted molar refractivity (Wildman–Crippen MR) is 86.4 cm³/mol. The molecule has 1 aliphatic heterocycles. The molecule has 2 rings (SSSR count). The van der Waals surface area contributed by atoms with Gasteiger partial charge >= 0.3 is 0 Å². The normalized spacial score (nSPS) is 16.3. The van der Waals surface area contributed by atoms with Crippen LogP contribution in [0.15, 0.2) is 24.3 Å². The number of benzene rings is 1. The van der Waals surface area contributed by atoms with E-state index in [1.807, 2.05) is 43.1 Å². The van der Waals surface area contributed by atoms with Crippen molar-refractivity contribution in [3.8, 4) is 11.5 Å². The van der Waals surface area contributed by atoms with Crippen LogP contribution in [0.5, 0.6) is 11.5 Å². The van der Waals surface area contributed by atoms with Crippen LogP contribution in [0.1, 0.15) is 19.8 Å². The summed E-state index contributed by atoms with van der Waals surface area (Å²) in [6.07, 6.45) is 2.06. The maximum atomic E-state index is 12.2. The summed E-state index contributed by atoms with van der Waals surface area (Å²) in [7, 11) is 3.99. The largest absolute Gasteiger partial charge is 0.494 e. The molecule has 1 heterocycles. The summed E-state index contributed by atoms with van der Waals surface area (Å²) in [5.41, 5.74) is 0. The van der Waals surface area contributed by atoms with Crippen LogP contribution in [-0.4, -0.2) is 62.1 Å². The van der Waals surface area contributed by atoms with Crippen molar-refractivity contribution in [2.75, 3.05) is 40.4 Å². The lowest BCUT2D eigenvalue weighted by atomic mass is 10.0. The number of hydrogen-bond acceptors (Lipinski definition) is 4. The van der Waals surface area contributed by atoms with Gasteiger partial charge in [0, 0.05) is 13.1 Å². The molecule has 0 aromatic heterocycles. The molecule has 5 heteroatoms. The standard InChI is InChI=1S/C17H26N2O3/c1-4-21-15-5-7-16(8-6-15)22-13-17(20)19(3)14-9-11-18(2)12-10-14/h5-8,14H,4,9-13H2,1-3H3. The van der Waals surface area contributed by atoms with Crippen LogP contribution in [0.3, 0.4) is 0 Å². The molecule has 1 amide bonds. The van der Waals surface area contributed by atoms with Crippen molar-refractivity contribution in [3.05, 3.63) is 24.3 Å². The molecule has 1 fully saturated rings. The first-order valence-electron chi connectivity index (χ1n) is 7.90. The molecule has 122 valence electrons. The molecule has 0 bridgehead atoms. The molecule has 0 radical (unpaired) electrons. The van der Waals surface area contributed by atoms with Crippen molar-refractivity contribution >= 4 is 5.91 Å². The monoisotopic (exact) mass is 306 g/mol. The highest BCUT2D eigenvalue weighted by Gasteiger charge is 2.24. The Kier molecular flexibility index (Phi) is 6.07. The zero-order valence-electron chi connectivity index (χ0n) is 13.7. The molecule has 1 aromatic carbocycles. The summed E-state index contributed by atoms with van der Waals surface area (Å²) in [5, 5.41) is 0. The van der Waals surface area contributed by atoms with Crippen molar-refractivity contribution in [1.82, 2.24) is 9.80 Å². The zero-order valence-corrected chi connectivity index (χ0v) is 13.7. The first kappa shape index (κ1) is 16.6. The van der Waals surface area contributed by atoms with Crippen LogP contribution < -0.4 is 9.47 Å². The molecule has 0 atom stereocenters. The number of hydrogen-bond donors (Lipinski definition) is 0. The van der Waals surface area contributed by atoms with E-state index in [1.165, 1.54) is 0 Å². The summed E-state index contributed by atoms with van der Waals surface area (Å²) in [4.78, 5) is 16.4. The Morgan fingerprint density at radius 3 is 2.27 bits per heavy atom. The molecular formula is C17H26N2O3. The lowest BCUT2D eigenvalue weighted by molar-refractivity contribution is -0.134. The molecule has 1 saturated heterocycles. The van der Waals surface area contributed by atoms with Gasteiger partial charge in [-0.15, -0.1) is 0 Å². The van der Waals surface area contributed by atoms with Crippen molar-refractivity contribution in [3.63, 3.8) is 0 Å². The Labute approximate surface area is 132 Å². The fourth-order valence-electron chi connectivity index (χ4n) is 2.63. The number of carbonyl (C=O) groups excluding carboxylic acids is 1. The first-order chi connectivity index (χ1) is 10.6. The van der Waals surface area contributed by atoms with Crippen molar-refractivity contribution in [1.29, 1.82) is 0 Å². The van der Waals surface area contributed by atoms with Gasteiger partial charge in [0.15, 0.2) is 6.61 Å². The Morgan fingerprint density at radius 1 is 1.18 bits per heavy atom. The fraction of sp³-hybridized carbons (Fsp3) is 0.588. The van der Waals surface area contributed by atoms with Gasteiger partial charge in [-0.05, 0) is 64.2 Å². The number of nitrogens with zero attached hydrogens (tertiary/aromatic N) is 2. The van der Waals surface area contributed by atoms with E-state index in [1.54, 1.807) is 0 Å². The second kappa shape index (κ2) is 8.03. The Morgan fingerprint density at radius 2 is 1.73 bits per heavy atom. The van der Waals surface area contributed by atoms with Gasteiger partial charge in [0.05, 0.1) is 6.61 Å². The predicted octanol–water partition coefficient (Wildman–Crippen LogP) is 2.02.